The Bertz CT molecular complexity index is 1440. The van der Waals surface area contributed by atoms with Gasteiger partial charge in [0, 0.05) is 41.6 Å². The second kappa shape index (κ2) is 10.7. The molecule has 1 aliphatic carbocycles. The molecule has 9 heteroatoms. The van der Waals surface area contributed by atoms with Gasteiger partial charge in [-0.1, -0.05) is 30.3 Å². The lowest BCUT2D eigenvalue weighted by Gasteiger charge is -2.29. The number of rotatable bonds is 5. The number of nitrogens with one attached hydrogen (secondary N) is 2. The molecule has 2 aliphatic heterocycles. The second-order valence-electron chi connectivity index (χ2n) is 10.0. The number of anilines is 3. The van der Waals surface area contributed by atoms with Gasteiger partial charge >= 0.3 is 0 Å². The van der Waals surface area contributed by atoms with E-state index in [-0.39, 0.29) is 17.8 Å². The fourth-order valence-corrected chi connectivity index (χ4v) is 5.35. The van der Waals surface area contributed by atoms with Gasteiger partial charge in [0.1, 0.15) is 5.82 Å². The van der Waals surface area contributed by atoms with E-state index in [4.69, 9.17) is 21.9 Å². The third-order valence-corrected chi connectivity index (χ3v) is 7.48. The highest BCUT2D eigenvalue weighted by atomic mass is 32.1. The van der Waals surface area contributed by atoms with Crippen LogP contribution in [0.4, 0.5) is 21.5 Å². The maximum Gasteiger partial charge on any atom is 0.272 e. The molecule has 3 aromatic rings. The Morgan fingerprint density at radius 2 is 1.82 bits per heavy atom. The van der Waals surface area contributed by atoms with Gasteiger partial charge in [0.05, 0.1) is 24.6 Å². The molecule has 6 rings (SSSR count). The number of ether oxygens (including phenoxy) is 1. The van der Waals surface area contributed by atoms with E-state index in [1.807, 2.05) is 43.3 Å². The molecule has 1 atom stereocenters. The number of fused-ring (bicyclic) bond motifs is 1. The van der Waals surface area contributed by atoms with E-state index in [2.05, 4.69) is 27.7 Å². The molecule has 0 aromatic heterocycles. The van der Waals surface area contributed by atoms with Crippen LogP contribution in [-0.4, -0.2) is 55.2 Å². The van der Waals surface area contributed by atoms with Gasteiger partial charge in [-0.15, -0.1) is 0 Å². The average molecular weight is 544 g/mol. The Labute approximate surface area is 232 Å². The Morgan fingerprint density at radius 1 is 1.05 bits per heavy atom. The van der Waals surface area contributed by atoms with Crippen LogP contribution in [0, 0.1) is 12.7 Å². The van der Waals surface area contributed by atoms with Crippen molar-refractivity contribution in [3.05, 3.63) is 89.2 Å². The lowest BCUT2D eigenvalue weighted by Crippen LogP contribution is -2.49. The van der Waals surface area contributed by atoms with Crippen LogP contribution < -0.4 is 20.4 Å². The van der Waals surface area contributed by atoms with E-state index < -0.39 is 6.17 Å². The highest BCUT2D eigenvalue weighted by Gasteiger charge is 2.41. The SMILES string of the molecule is Cc1cc(N2CCOCC2)ccc1NC(=S)NC1N=C(c2ccccc2)c2cc(F)ccc2N(C2CC2)C1=O. The van der Waals surface area contributed by atoms with E-state index in [1.165, 1.54) is 12.1 Å². The van der Waals surface area contributed by atoms with Crippen LogP contribution in [0.1, 0.15) is 29.5 Å². The largest absolute Gasteiger partial charge is 0.378 e. The van der Waals surface area contributed by atoms with Crippen LogP contribution in [0.2, 0.25) is 0 Å². The first-order valence-corrected chi connectivity index (χ1v) is 13.7. The number of aryl methyl sites for hydroxylation is 1. The first-order chi connectivity index (χ1) is 19.0. The van der Waals surface area contributed by atoms with Crippen LogP contribution in [0.25, 0.3) is 0 Å². The molecule has 2 heterocycles. The van der Waals surface area contributed by atoms with Crippen molar-refractivity contribution in [1.29, 1.82) is 0 Å². The Hall–Kier alpha value is -3.82. The molecule has 0 radical (unpaired) electrons. The van der Waals surface area contributed by atoms with Crippen molar-refractivity contribution in [2.45, 2.75) is 32.0 Å². The quantitative estimate of drug-likeness (QED) is 0.458. The first-order valence-electron chi connectivity index (χ1n) is 13.2. The standard InChI is InChI=1S/C30H30FN5O2S/c1-19-17-23(35-13-15-38-16-14-35)10-11-25(19)32-30(39)34-28-29(37)36(22-8-9-22)26-12-7-21(31)18-24(26)27(33-28)20-5-3-2-4-6-20/h2-7,10-12,17-18,22,28H,8-9,13-16H2,1H3,(H2,32,34,39). The fourth-order valence-electron chi connectivity index (χ4n) is 5.13. The summed E-state index contributed by atoms with van der Waals surface area (Å²) >= 11 is 5.67. The van der Waals surface area contributed by atoms with E-state index in [1.54, 1.807) is 11.0 Å². The third kappa shape index (κ3) is 5.37. The van der Waals surface area contributed by atoms with Crippen LogP contribution in [0.5, 0.6) is 0 Å². The molecule has 200 valence electrons. The van der Waals surface area contributed by atoms with E-state index in [0.29, 0.717) is 22.1 Å². The van der Waals surface area contributed by atoms with E-state index in [0.717, 1.165) is 61.6 Å². The molecule has 0 bridgehead atoms. The molecule has 1 saturated heterocycles. The summed E-state index contributed by atoms with van der Waals surface area (Å²) in [5.74, 6) is -0.583. The van der Waals surface area contributed by atoms with Crippen molar-refractivity contribution in [2.24, 2.45) is 4.99 Å². The highest BCUT2D eigenvalue weighted by Crippen LogP contribution is 2.37. The second-order valence-corrected chi connectivity index (χ2v) is 10.5. The van der Waals surface area contributed by atoms with Crippen molar-refractivity contribution in [3.63, 3.8) is 0 Å². The summed E-state index contributed by atoms with van der Waals surface area (Å²) in [4.78, 5) is 22.8. The summed E-state index contributed by atoms with van der Waals surface area (Å²) in [6.07, 6.45) is 0.824. The third-order valence-electron chi connectivity index (χ3n) is 7.26. The minimum absolute atomic E-state index is 0.0628. The molecule has 7 nitrogen and oxygen atoms in total. The van der Waals surface area contributed by atoms with Crippen molar-refractivity contribution in [3.8, 4) is 0 Å². The lowest BCUT2D eigenvalue weighted by molar-refractivity contribution is -0.120. The van der Waals surface area contributed by atoms with Gasteiger partial charge in [0.15, 0.2) is 5.11 Å². The molecular weight excluding hydrogens is 513 g/mol. The molecule has 2 N–H and O–H groups in total. The van der Waals surface area contributed by atoms with Crippen molar-refractivity contribution in [2.75, 3.05) is 41.4 Å². The minimum Gasteiger partial charge on any atom is -0.378 e. The van der Waals surface area contributed by atoms with E-state index in [9.17, 15) is 9.18 Å². The number of thiocarbonyl (C=S) groups is 1. The smallest absolute Gasteiger partial charge is 0.272 e. The predicted molar refractivity (Wildman–Crippen MR) is 156 cm³/mol. The molecule has 1 saturated carbocycles. The van der Waals surface area contributed by atoms with E-state index >= 15 is 0 Å². The molecule has 2 fully saturated rings. The molecule has 0 spiro atoms. The highest BCUT2D eigenvalue weighted by molar-refractivity contribution is 7.80. The lowest BCUT2D eigenvalue weighted by atomic mass is 10.00. The normalized spacial score (nSPS) is 19.2. The predicted octanol–water partition coefficient (Wildman–Crippen LogP) is 4.63. The number of aliphatic imine (C=N–C) groups is 1. The number of hydrogen-bond acceptors (Lipinski definition) is 5. The number of carbonyl (C=O) groups excluding carboxylic acids is 1. The number of amides is 1. The van der Waals surface area contributed by atoms with Gasteiger partial charge < -0.3 is 25.2 Å². The number of morpholine rings is 1. The summed E-state index contributed by atoms with van der Waals surface area (Å²) < 4.78 is 19.9. The zero-order valence-corrected chi connectivity index (χ0v) is 22.5. The summed E-state index contributed by atoms with van der Waals surface area (Å²) in [5, 5.41) is 6.69. The molecule has 1 unspecified atom stereocenters. The van der Waals surface area contributed by atoms with Gasteiger partial charge in [-0.3, -0.25) is 4.79 Å². The number of benzene rings is 3. The summed E-state index contributed by atoms with van der Waals surface area (Å²) in [5.41, 5.74) is 5.64. The Morgan fingerprint density at radius 3 is 2.54 bits per heavy atom. The molecule has 1 amide bonds. The zero-order valence-electron chi connectivity index (χ0n) is 21.7. The minimum atomic E-state index is -0.968. The number of hydrogen-bond donors (Lipinski definition) is 2. The number of carbonyl (C=O) groups is 1. The van der Waals surface area contributed by atoms with Crippen molar-refractivity contribution < 1.29 is 13.9 Å². The Balaban J connectivity index is 1.29. The van der Waals surface area contributed by atoms with Gasteiger partial charge in [-0.25, -0.2) is 9.38 Å². The van der Waals surface area contributed by atoms with Crippen molar-refractivity contribution >= 4 is 46.0 Å². The zero-order chi connectivity index (χ0) is 26.9. The fraction of sp³-hybridized carbons (Fsp3) is 0.300. The molecule has 3 aliphatic rings. The monoisotopic (exact) mass is 543 g/mol. The summed E-state index contributed by atoms with van der Waals surface area (Å²) in [7, 11) is 0. The average Bonchev–Trinajstić information content (AvgIpc) is 3.79. The van der Waals surface area contributed by atoms with Crippen LogP contribution in [0.3, 0.4) is 0 Å². The van der Waals surface area contributed by atoms with Gasteiger partial charge in [-0.2, -0.15) is 0 Å². The van der Waals surface area contributed by atoms with Crippen molar-refractivity contribution in [1.82, 2.24) is 5.32 Å². The van der Waals surface area contributed by atoms with Crippen LogP contribution >= 0.6 is 12.2 Å². The van der Waals surface area contributed by atoms with Crippen LogP contribution in [0.15, 0.2) is 71.7 Å². The summed E-state index contributed by atoms with van der Waals surface area (Å²) in [6.45, 7) is 5.20. The summed E-state index contributed by atoms with van der Waals surface area (Å²) in [6, 6.07) is 20.3. The number of nitrogens with zero attached hydrogens (tertiary/aromatic N) is 3. The Kier molecular flexibility index (Phi) is 7.01. The molecule has 3 aromatic carbocycles. The first kappa shape index (κ1) is 25.5. The molecule has 39 heavy (non-hydrogen) atoms. The molecular formula is C30H30FN5O2S. The topological polar surface area (TPSA) is 69.2 Å². The van der Waals surface area contributed by atoms with Gasteiger partial charge in [0.2, 0.25) is 6.17 Å². The maximum absolute atomic E-state index is 14.5. The number of benzodiazepines with no additional fused rings is 1. The van der Waals surface area contributed by atoms with Gasteiger partial charge in [0.25, 0.3) is 5.91 Å². The number of halogens is 1. The van der Waals surface area contributed by atoms with Gasteiger partial charge in [-0.05, 0) is 73.9 Å². The van der Waals surface area contributed by atoms with Crippen LogP contribution in [-0.2, 0) is 9.53 Å². The maximum atomic E-state index is 14.5.